The van der Waals surface area contributed by atoms with Gasteiger partial charge in [0, 0.05) is 29.4 Å². The van der Waals surface area contributed by atoms with Crippen LogP contribution < -0.4 is 0 Å². The number of pyridine rings is 1. The van der Waals surface area contributed by atoms with Gasteiger partial charge in [-0.25, -0.2) is 0 Å². The van der Waals surface area contributed by atoms with Crippen molar-refractivity contribution in [3.8, 4) is 11.4 Å². The minimum absolute atomic E-state index is 0.0882. The lowest BCUT2D eigenvalue weighted by Crippen LogP contribution is -2.09. The Balaban J connectivity index is 1.54. The summed E-state index contributed by atoms with van der Waals surface area (Å²) in [4.78, 5) is 16.7. The number of aromatic nitrogens is 4. The molecule has 2 heterocycles. The lowest BCUT2D eigenvalue weighted by Gasteiger charge is -2.10. The number of Topliss-reactive ketones (excluding diaryl/α,β-unsaturated/α-hetero) is 1. The average Bonchev–Trinajstić information content (AvgIpc) is 3.17. The third kappa shape index (κ3) is 4.96. The Morgan fingerprint density at radius 1 is 0.967 bits per heavy atom. The Morgan fingerprint density at radius 3 is 2.53 bits per heavy atom. The molecule has 0 radical (unpaired) electrons. The van der Waals surface area contributed by atoms with Gasteiger partial charge in [0.25, 0.3) is 0 Å². The highest BCUT2D eigenvalue weighted by atomic mass is 35.5. The smallest absolute Gasteiger partial charge is 0.192 e. The molecule has 4 rings (SSSR count). The Hall–Kier alpha value is -2.96. The highest BCUT2D eigenvalue weighted by Crippen LogP contribution is 2.25. The predicted octanol–water partition coefficient (Wildman–Crippen LogP) is 4.95. The summed E-state index contributed by atoms with van der Waals surface area (Å²) in [6.45, 7) is 0.610. The van der Waals surface area contributed by atoms with E-state index in [9.17, 15) is 4.79 Å². The van der Waals surface area contributed by atoms with Gasteiger partial charge in [0.1, 0.15) is 5.78 Å². The van der Waals surface area contributed by atoms with Crippen molar-refractivity contribution in [3.05, 3.63) is 95.3 Å². The number of halogens is 1. The Labute approximate surface area is 184 Å². The Bertz CT molecular complexity index is 1130. The van der Waals surface area contributed by atoms with Gasteiger partial charge in [0.2, 0.25) is 0 Å². The van der Waals surface area contributed by atoms with E-state index < -0.39 is 0 Å². The number of nitrogens with zero attached hydrogens (tertiary/aromatic N) is 4. The van der Waals surface area contributed by atoms with Crippen LogP contribution in [-0.4, -0.2) is 31.3 Å². The van der Waals surface area contributed by atoms with Gasteiger partial charge in [-0.15, -0.1) is 10.2 Å². The van der Waals surface area contributed by atoms with E-state index in [0.29, 0.717) is 28.9 Å². The summed E-state index contributed by atoms with van der Waals surface area (Å²) < 4.78 is 2.03. The van der Waals surface area contributed by atoms with Crippen LogP contribution in [-0.2, 0) is 17.8 Å². The van der Waals surface area contributed by atoms with E-state index in [2.05, 4.69) is 27.3 Å². The van der Waals surface area contributed by atoms with Crippen LogP contribution in [0.1, 0.15) is 11.1 Å². The molecule has 0 aliphatic carbocycles. The molecule has 0 fully saturated rings. The normalized spacial score (nSPS) is 10.8. The van der Waals surface area contributed by atoms with Gasteiger partial charge in [-0.2, -0.15) is 0 Å². The molecule has 0 aliphatic rings. The first-order valence-electron chi connectivity index (χ1n) is 9.46. The second-order valence-corrected chi connectivity index (χ2v) is 8.06. The molecule has 0 aliphatic heterocycles. The van der Waals surface area contributed by atoms with Crippen molar-refractivity contribution in [2.24, 2.45) is 0 Å². The molecule has 5 nitrogen and oxygen atoms in total. The molecular formula is C23H19ClN4OS. The van der Waals surface area contributed by atoms with Gasteiger partial charge in [-0.1, -0.05) is 71.9 Å². The van der Waals surface area contributed by atoms with Crippen molar-refractivity contribution in [2.75, 3.05) is 5.75 Å². The summed E-state index contributed by atoms with van der Waals surface area (Å²) in [7, 11) is 0. The van der Waals surface area contributed by atoms with Crippen LogP contribution in [0.3, 0.4) is 0 Å². The van der Waals surface area contributed by atoms with Crippen LogP contribution in [0.15, 0.2) is 84.3 Å². The van der Waals surface area contributed by atoms with E-state index >= 15 is 0 Å². The largest absolute Gasteiger partial charge is 0.298 e. The van der Waals surface area contributed by atoms with Gasteiger partial charge >= 0.3 is 0 Å². The monoisotopic (exact) mass is 434 g/mol. The summed E-state index contributed by atoms with van der Waals surface area (Å²) in [5, 5.41) is 10.0. The van der Waals surface area contributed by atoms with E-state index in [0.717, 1.165) is 22.5 Å². The van der Waals surface area contributed by atoms with Crippen LogP contribution in [0.5, 0.6) is 0 Å². The maximum atomic E-state index is 12.5. The fraction of sp³-hybridized carbons (Fsp3) is 0.130. The minimum Gasteiger partial charge on any atom is -0.298 e. The summed E-state index contributed by atoms with van der Waals surface area (Å²) in [6.07, 6.45) is 3.79. The second-order valence-electron chi connectivity index (χ2n) is 6.72. The third-order valence-corrected chi connectivity index (χ3v) is 5.92. The van der Waals surface area contributed by atoms with Gasteiger partial charge in [0.15, 0.2) is 11.0 Å². The molecule has 0 N–H and O–H groups in total. The third-order valence-electron chi connectivity index (χ3n) is 4.53. The van der Waals surface area contributed by atoms with Crippen LogP contribution >= 0.6 is 23.4 Å². The first-order chi connectivity index (χ1) is 14.7. The van der Waals surface area contributed by atoms with Gasteiger partial charge in [-0.3, -0.25) is 14.3 Å². The SMILES string of the molecule is O=C(CSc1nnc(-c2cccnc2)n1Cc1ccccc1)Cc1ccccc1Cl. The summed E-state index contributed by atoms with van der Waals surface area (Å²) in [5.41, 5.74) is 2.86. The van der Waals surface area contributed by atoms with Crippen molar-refractivity contribution in [3.63, 3.8) is 0 Å². The lowest BCUT2D eigenvalue weighted by molar-refractivity contribution is -0.116. The van der Waals surface area contributed by atoms with E-state index in [4.69, 9.17) is 11.6 Å². The zero-order valence-electron chi connectivity index (χ0n) is 16.1. The molecule has 30 heavy (non-hydrogen) atoms. The summed E-state index contributed by atoms with van der Waals surface area (Å²) in [6, 6.07) is 21.4. The number of thioether (sulfide) groups is 1. The van der Waals surface area contributed by atoms with Gasteiger partial charge < -0.3 is 0 Å². The number of ketones is 1. The van der Waals surface area contributed by atoms with E-state index in [-0.39, 0.29) is 5.78 Å². The maximum absolute atomic E-state index is 12.5. The van der Waals surface area contributed by atoms with Gasteiger partial charge in [0.05, 0.1) is 12.3 Å². The predicted molar refractivity (Wildman–Crippen MR) is 120 cm³/mol. The molecule has 7 heteroatoms. The zero-order chi connectivity index (χ0) is 20.8. The van der Waals surface area contributed by atoms with Crippen LogP contribution in [0.4, 0.5) is 0 Å². The molecule has 2 aromatic carbocycles. The number of carbonyl (C=O) groups excluding carboxylic acids is 1. The number of hydrogen-bond donors (Lipinski definition) is 0. The molecule has 0 saturated carbocycles. The number of hydrogen-bond acceptors (Lipinski definition) is 5. The maximum Gasteiger partial charge on any atom is 0.192 e. The molecular weight excluding hydrogens is 416 g/mol. The Morgan fingerprint density at radius 2 is 1.77 bits per heavy atom. The van der Waals surface area contributed by atoms with E-state index in [1.54, 1.807) is 18.5 Å². The number of benzene rings is 2. The first-order valence-corrected chi connectivity index (χ1v) is 10.8. The van der Waals surface area contributed by atoms with Crippen molar-refractivity contribution in [2.45, 2.75) is 18.1 Å². The molecule has 0 atom stereocenters. The molecule has 2 aromatic heterocycles. The van der Waals surface area contributed by atoms with Gasteiger partial charge in [-0.05, 0) is 29.3 Å². The number of rotatable bonds is 8. The first kappa shape index (κ1) is 20.3. The Kier molecular flexibility index (Phi) is 6.57. The average molecular weight is 435 g/mol. The molecule has 0 amide bonds. The number of carbonyl (C=O) groups is 1. The zero-order valence-corrected chi connectivity index (χ0v) is 17.7. The molecule has 4 aromatic rings. The van der Waals surface area contributed by atoms with Crippen LogP contribution in [0.25, 0.3) is 11.4 Å². The van der Waals surface area contributed by atoms with Crippen molar-refractivity contribution >= 4 is 29.1 Å². The van der Waals surface area contributed by atoms with Crippen LogP contribution in [0, 0.1) is 0 Å². The lowest BCUT2D eigenvalue weighted by atomic mass is 10.1. The topological polar surface area (TPSA) is 60.7 Å². The fourth-order valence-corrected chi connectivity index (χ4v) is 4.06. The fourth-order valence-electron chi connectivity index (χ4n) is 3.06. The molecule has 0 bridgehead atoms. The quantitative estimate of drug-likeness (QED) is 0.367. The molecule has 150 valence electrons. The second kappa shape index (κ2) is 9.69. The van der Waals surface area contributed by atoms with E-state index in [1.165, 1.54) is 11.8 Å². The summed E-state index contributed by atoms with van der Waals surface area (Å²) >= 11 is 7.57. The highest BCUT2D eigenvalue weighted by molar-refractivity contribution is 7.99. The van der Waals surface area contributed by atoms with Crippen molar-refractivity contribution in [1.29, 1.82) is 0 Å². The van der Waals surface area contributed by atoms with Crippen LogP contribution in [0.2, 0.25) is 5.02 Å². The van der Waals surface area contributed by atoms with E-state index in [1.807, 2.05) is 53.1 Å². The summed E-state index contributed by atoms with van der Waals surface area (Å²) in [5.74, 6) is 1.11. The molecule has 0 saturated heterocycles. The molecule has 0 unspecified atom stereocenters. The standard InChI is InChI=1S/C23H19ClN4OS/c24-21-11-5-4-9-18(21)13-20(29)16-30-23-27-26-22(19-10-6-12-25-14-19)28(23)15-17-7-2-1-3-8-17/h1-12,14H,13,15-16H2. The highest BCUT2D eigenvalue weighted by Gasteiger charge is 2.17. The minimum atomic E-state index is 0.0882. The molecule has 0 spiro atoms. The van der Waals surface area contributed by atoms with Crippen molar-refractivity contribution in [1.82, 2.24) is 19.7 Å². The van der Waals surface area contributed by atoms with Crippen molar-refractivity contribution < 1.29 is 4.79 Å².